The van der Waals surface area contributed by atoms with Crippen LogP contribution in [0.25, 0.3) is 0 Å². The Bertz CT molecular complexity index is 1390. The van der Waals surface area contributed by atoms with Crippen molar-refractivity contribution in [1.29, 1.82) is 0 Å². The number of aliphatic hydroxyl groups is 1. The van der Waals surface area contributed by atoms with E-state index in [-0.39, 0.29) is 18.0 Å². The van der Waals surface area contributed by atoms with Crippen molar-refractivity contribution in [2.45, 2.75) is 77.9 Å². The average molecular weight is 611 g/mol. The van der Waals surface area contributed by atoms with Gasteiger partial charge in [-0.3, -0.25) is 14.4 Å². The molecule has 0 bridgehead atoms. The van der Waals surface area contributed by atoms with Crippen molar-refractivity contribution >= 4 is 23.8 Å². The summed E-state index contributed by atoms with van der Waals surface area (Å²) in [5.74, 6) is -11.4. The van der Waals surface area contributed by atoms with Gasteiger partial charge in [0.15, 0.2) is 17.6 Å². The molecular weight excluding hydrogens is 577 g/mol. The van der Waals surface area contributed by atoms with Crippen LogP contribution in [0, 0.1) is 36.3 Å². The Labute approximate surface area is 245 Å². The SMILES string of the molecule is Cc1nc(F)c(F)c(F)c1CC1NC(=O)C(NC(=O)c2ncccc2O)C(C)OC(=O)C(CC(C)C)OC(=O)C(C)C1O. The lowest BCUT2D eigenvalue weighted by Crippen LogP contribution is -2.59. The zero-order valence-electron chi connectivity index (χ0n) is 24.1. The molecule has 2 amide bonds. The first-order chi connectivity index (χ1) is 20.1. The third-order valence-corrected chi connectivity index (χ3v) is 6.94. The Balaban J connectivity index is 2.07. The van der Waals surface area contributed by atoms with Crippen LogP contribution in [-0.4, -0.2) is 74.3 Å². The number of ether oxygens (including phenoxy) is 2. The molecule has 0 radical (unpaired) electrons. The van der Waals surface area contributed by atoms with Gasteiger partial charge in [-0.25, -0.2) is 19.2 Å². The summed E-state index contributed by atoms with van der Waals surface area (Å²) in [6.07, 6.45) is -4.13. The van der Waals surface area contributed by atoms with Gasteiger partial charge in [0, 0.05) is 17.5 Å². The van der Waals surface area contributed by atoms with Crippen LogP contribution in [0.3, 0.4) is 0 Å². The van der Waals surface area contributed by atoms with Crippen LogP contribution in [-0.2, 0) is 30.3 Å². The van der Waals surface area contributed by atoms with Gasteiger partial charge in [0.05, 0.1) is 18.1 Å². The summed E-state index contributed by atoms with van der Waals surface area (Å²) in [6, 6.07) is -0.704. The largest absolute Gasteiger partial charge is 0.505 e. The van der Waals surface area contributed by atoms with Crippen molar-refractivity contribution in [1.82, 2.24) is 20.6 Å². The third-order valence-electron chi connectivity index (χ3n) is 6.94. The molecule has 1 fully saturated rings. The van der Waals surface area contributed by atoms with Gasteiger partial charge in [-0.1, -0.05) is 13.8 Å². The van der Waals surface area contributed by atoms with E-state index in [1.54, 1.807) is 13.8 Å². The van der Waals surface area contributed by atoms with Gasteiger partial charge >= 0.3 is 11.9 Å². The Morgan fingerprint density at radius 3 is 2.42 bits per heavy atom. The number of pyridine rings is 2. The minimum Gasteiger partial charge on any atom is -0.505 e. The number of nitrogens with zero attached hydrogens (tertiary/aromatic N) is 2. The van der Waals surface area contributed by atoms with Crippen LogP contribution in [0.2, 0.25) is 0 Å². The van der Waals surface area contributed by atoms with Gasteiger partial charge in [-0.15, -0.1) is 0 Å². The zero-order chi connectivity index (χ0) is 32.2. The molecule has 0 saturated carbocycles. The summed E-state index contributed by atoms with van der Waals surface area (Å²) >= 11 is 0. The molecule has 6 atom stereocenters. The summed E-state index contributed by atoms with van der Waals surface area (Å²) < 4.78 is 53.3. The molecule has 4 N–H and O–H groups in total. The van der Waals surface area contributed by atoms with E-state index in [9.17, 15) is 42.6 Å². The highest BCUT2D eigenvalue weighted by Gasteiger charge is 2.41. The van der Waals surface area contributed by atoms with E-state index in [0.29, 0.717) is 0 Å². The van der Waals surface area contributed by atoms with Crippen LogP contribution in [0.5, 0.6) is 5.75 Å². The van der Waals surface area contributed by atoms with Crippen molar-refractivity contribution in [3.05, 3.63) is 52.9 Å². The summed E-state index contributed by atoms with van der Waals surface area (Å²) in [4.78, 5) is 59.7. The predicted molar refractivity (Wildman–Crippen MR) is 142 cm³/mol. The second-order valence-electron chi connectivity index (χ2n) is 10.7. The van der Waals surface area contributed by atoms with Crippen molar-refractivity contribution in [3.8, 4) is 5.75 Å². The van der Waals surface area contributed by atoms with Crippen LogP contribution in [0.4, 0.5) is 13.2 Å². The number of hydrogen-bond acceptors (Lipinski definition) is 10. The zero-order valence-corrected chi connectivity index (χ0v) is 24.1. The van der Waals surface area contributed by atoms with E-state index >= 15 is 0 Å². The van der Waals surface area contributed by atoms with E-state index in [0.717, 1.165) is 0 Å². The van der Waals surface area contributed by atoms with Gasteiger partial charge in [-0.05, 0) is 51.7 Å². The number of aromatic hydroxyl groups is 1. The molecule has 12 nitrogen and oxygen atoms in total. The molecule has 0 aliphatic carbocycles. The number of carbonyl (C=O) groups excluding carboxylic acids is 4. The van der Waals surface area contributed by atoms with Gasteiger partial charge < -0.3 is 30.3 Å². The fourth-order valence-electron chi connectivity index (χ4n) is 4.49. The topological polar surface area (TPSA) is 177 Å². The number of cyclic esters (lactones) is 2. The van der Waals surface area contributed by atoms with Crippen LogP contribution >= 0.6 is 0 Å². The van der Waals surface area contributed by atoms with E-state index < -0.39 is 101 Å². The normalized spacial score (nSPS) is 25.2. The molecule has 234 valence electrons. The lowest BCUT2D eigenvalue weighted by atomic mass is 9.91. The summed E-state index contributed by atoms with van der Waals surface area (Å²) in [7, 11) is 0. The minimum atomic E-state index is -1.88. The number of esters is 2. The van der Waals surface area contributed by atoms with Gasteiger partial charge in [0.2, 0.25) is 11.7 Å². The van der Waals surface area contributed by atoms with Gasteiger partial charge in [0.25, 0.3) is 11.9 Å². The number of carbonyl (C=O) groups is 4. The molecule has 0 aromatic carbocycles. The molecule has 3 heterocycles. The average Bonchev–Trinajstić information content (AvgIpc) is 2.94. The van der Waals surface area contributed by atoms with Crippen molar-refractivity contribution in [2.75, 3.05) is 0 Å². The first-order valence-corrected chi connectivity index (χ1v) is 13.5. The van der Waals surface area contributed by atoms with Crippen LogP contribution in [0.15, 0.2) is 18.3 Å². The quantitative estimate of drug-likeness (QED) is 0.278. The maximum Gasteiger partial charge on any atom is 0.347 e. The minimum absolute atomic E-state index is 0.0134. The Morgan fingerprint density at radius 2 is 1.79 bits per heavy atom. The second kappa shape index (κ2) is 13.8. The van der Waals surface area contributed by atoms with E-state index in [4.69, 9.17) is 9.47 Å². The molecule has 1 aliphatic heterocycles. The summed E-state index contributed by atoms with van der Waals surface area (Å²) in [5.41, 5.74) is -1.23. The first kappa shape index (κ1) is 33.2. The van der Waals surface area contributed by atoms with Crippen molar-refractivity contribution < 1.29 is 52.0 Å². The molecule has 2 aromatic heterocycles. The third kappa shape index (κ3) is 7.77. The fraction of sp³-hybridized carbons (Fsp3) is 0.500. The maximum absolute atomic E-state index is 14.8. The number of aromatic nitrogens is 2. The van der Waals surface area contributed by atoms with Gasteiger partial charge in [-0.2, -0.15) is 8.78 Å². The highest BCUT2D eigenvalue weighted by Crippen LogP contribution is 2.24. The monoisotopic (exact) mass is 610 g/mol. The number of hydrogen-bond donors (Lipinski definition) is 4. The highest BCUT2D eigenvalue weighted by atomic mass is 19.2. The standard InChI is InChI=1S/C28H33F3N4O8/c1-11(2)9-18-28(41)42-14(5)21(35-26(39)22-17(36)7-6-8-32-22)25(38)34-16(23(37)12(3)27(40)43-18)10-15-13(4)33-24(31)20(30)19(15)29/h6-8,11-12,14,16,18,21,23,36-37H,9-10H2,1-5H3,(H,34,38)(H,35,39). The molecule has 3 rings (SSSR count). The number of nitrogens with one attached hydrogen (secondary N) is 2. The first-order valence-electron chi connectivity index (χ1n) is 13.5. The molecule has 0 spiro atoms. The second-order valence-corrected chi connectivity index (χ2v) is 10.7. The fourth-order valence-corrected chi connectivity index (χ4v) is 4.49. The molecule has 43 heavy (non-hydrogen) atoms. The van der Waals surface area contributed by atoms with E-state index in [1.165, 1.54) is 39.1 Å². The number of aliphatic hydroxyl groups excluding tert-OH is 1. The molecule has 15 heteroatoms. The Morgan fingerprint density at radius 1 is 1.12 bits per heavy atom. The number of halogens is 3. The summed E-state index contributed by atoms with van der Waals surface area (Å²) in [5, 5.41) is 26.0. The Hall–Kier alpha value is -4.27. The molecule has 1 aliphatic rings. The van der Waals surface area contributed by atoms with Gasteiger partial charge in [0.1, 0.15) is 17.9 Å². The molecular formula is C28H33F3N4O8. The maximum atomic E-state index is 14.8. The Kier molecular flexibility index (Phi) is 10.7. The smallest absolute Gasteiger partial charge is 0.347 e. The molecule has 1 saturated heterocycles. The summed E-state index contributed by atoms with van der Waals surface area (Å²) in [6.45, 7) is 7.17. The van der Waals surface area contributed by atoms with E-state index in [2.05, 4.69) is 20.6 Å². The van der Waals surface area contributed by atoms with E-state index in [1.807, 2.05) is 0 Å². The van der Waals surface area contributed by atoms with Crippen LogP contribution < -0.4 is 10.6 Å². The highest BCUT2D eigenvalue weighted by molar-refractivity contribution is 5.98. The molecule has 6 unspecified atom stereocenters. The molecule has 2 aromatic rings. The lowest BCUT2D eigenvalue weighted by Gasteiger charge is -2.33. The number of rotatable bonds is 6. The van der Waals surface area contributed by atoms with Crippen LogP contribution in [0.1, 0.15) is 55.9 Å². The number of aryl methyl sites for hydroxylation is 1. The van der Waals surface area contributed by atoms with Crippen molar-refractivity contribution in [3.63, 3.8) is 0 Å². The van der Waals surface area contributed by atoms with Crippen molar-refractivity contribution in [2.24, 2.45) is 11.8 Å². The predicted octanol–water partition coefficient (Wildman–Crippen LogP) is 1.63. The number of amides is 2. The lowest BCUT2D eigenvalue weighted by molar-refractivity contribution is -0.178.